The molecule has 0 aliphatic heterocycles. The molecule has 0 bridgehead atoms. The first-order chi connectivity index (χ1) is 8.99. The predicted molar refractivity (Wildman–Crippen MR) is 73.9 cm³/mol. The van der Waals surface area contributed by atoms with Gasteiger partial charge in [0.15, 0.2) is 5.78 Å². The molecule has 3 atom stereocenters. The van der Waals surface area contributed by atoms with Gasteiger partial charge in [-0.2, -0.15) is 0 Å². The molecule has 0 fully saturated rings. The van der Waals surface area contributed by atoms with Crippen molar-refractivity contribution >= 4 is 17.3 Å². The van der Waals surface area contributed by atoms with E-state index in [9.17, 15) is 14.7 Å². The number of allylic oxidation sites excluding steroid dienone is 1. The van der Waals surface area contributed by atoms with Crippen LogP contribution in [0.25, 0.3) is 5.57 Å². The van der Waals surface area contributed by atoms with Crippen molar-refractivity contribution < 1.29 is 14.7 Å². The van der Waals surface area contributed by atoms with E-state index in [1.54, 1.807) is 6.07 Å². The molecule has 0 amide bonds. The third kappa shape index (κ3) is 2.09. The zero-order valence-corrected chi connectivity index (χ0v) is 11.2. The van der Waals surface area contributed by atoms with Gasteiger partial charge in [0, 0.05) is 5.56 Å². The van der Waals surface area contributed by atoms with E-state index in [0.717, 1.165) is 11.1 Å². The topological polar surface area (TPSA) is 54.4 Å². The van der Waals surface area contributed by atoms with E-state index in [2.05, 4.69) is 6.58 Å². The van der Waals surface area contributed by atoms with E-state index in [4.69, 9.17) is 0 Å². The molecule has 1 N–H and O–H groups in total. The molecule has 1 aliphatic carbocycles. The van der Waals surface area contributed by atoms with E-state index in [-0.39, 0.29) is 11.7 Å². The minimum absolute atomic E-state index is 0.00722. The van der Waals surface area contributed by atoms with Gasteiger partial charge in [0.05, 0.1) is 11.8 Å². The highest BCUT2D eigenvalue weighted by atomic mass is 16.4. The highest BCUT2D eigenvalue weighted by Gasteiger charge is 2.41. The Hall–Kier alpha value is -1.90. The van der Waals surface area contributed by atoms with Crippen molar-refractivity contribution in [1.29, 1.82) is 0 Å². The maximum absolute atomic E-state index is 12.4. The molecule has 0 saturated carbocycles. The van der Waals surface area contributed by atoms with Crippen LogP contribution in [0.15, 0.2) is 30.8 Å². The molecule has 0 spiro atoms. The number of carboxylic acid groups (broad SMARTS) is 1. The van der Waals surface area contributed by atoms with Crippen LogP contribution in [-0.4, -0.2) is 16.9 Å². The van der Waals surface area contributed by atoms with Gasteiger partial charge in [-0.1, -0.05) is 44.7 Å². The van der Waals surface area contributed by atoms with E-state index < -0.39 is 17.8 Å². The first-order valence-corrected chi connectivity index (χ1v) is 6.54. The fourth-order valence-corrected chi connectivity index (χ4v) is 3.03. The van der Waals surface area contributed by atoms with Gasteiger partial charge in [0.25, 0.3) is 0 Å². The van der Waals surface area contributed by atoms with Crippen molar-refractivity contribution in [3.63, 3.8) is 0 Å². The Balaban J connectivity index is 2.36. The molecule has 2 rings (SSSR count). The maximum atomic E-state index is 12.4. The SMILES string of the molecule is C=C1c2ccccc2C(=O)C1C(C)C(CC)C(=O)O. The largest absolute Gasteiger partial charge is 0.481 e. The first-order valence-electron chi connectivity index (χ1n) is 6.54. The summed E-state index contributed by atoms with van der Waals surface area (Å²) in [6, 6.07) is 7.37. The Labute approximate surface area is 113 Å². The van der Waals surface area contributed by atoms with Crippen LogP contribution in [0.4, 0.5) is 0 Å². The summed E-state index contributed by atoms with van der Waals surface area (Å²) in [5.74, 6) is -1.99. The molecular weight excluding hydrogens is 240 g/mol. The summed E-state index contributed by atoms with van der Waals surface area (Å²) >= 11 is 0. The van der Waals surface area contributed by atoms with Gasteiger partial charge in [-0.05, 0) is 23.5 Å². The van der Waals surface area contributed by atoms with Gasteiger partial charge in [-0.3, -0.25) is 9.59 Å². The summed E-state index contributed by atoms with van der Waals surface area (Å²) in [5, 5.41) is 9.25. The Morgan fingerprint density at radius 1 is 1.37 bits per heavy atom. The number of aliphatic carboxylic acids is 1. The molecule has 19 heavy (non-hydrogen) atoms. The summed E-state index contributed by atoms with van der Waals surface area (Å²) in [6.45, 7) is 7.68. The van der Waals surface area contributed by atoms with Gasteiger partial charge < -0.3 is 5.11 Å². The lowest BCUT2D eigenvalue weighted by Gasteiger charge is -2.24. The third-order valence-corrected chi connectivity index (χ3v) is 4.11. The van der Waals surface area contributed by atoms with Crippen LogP contribution in [-0.2, 0) is 4.79 Å². The predicted octanol–water partition coefficient (Wildman–Crippen LogP) is 3.26. The van der Waals surface area contributed by atoms with Crippen molar-refractivity contribution in [3.8, 4) is 0 Å². The molecule has 1 aromatic carbocycles. The number of benzene rings is 1. The highest BCUT2D eigenvalue weighted by molar-refractivity contribution is 6.13. The Bertz CT molecular complexity index is 510. The lowest BCUT2D eigenvalue weighted by Crippen LogP contribution is -2.29. The van der Waals surface area contributed by atoms with E-state index in [1.807, 2.05) is 32.0 Å². The molecule has 1 aliphatic rings. The molecular formula is C16H18O3. The fourth-order valence-electron chi connectivity index (χ4n) is 3.03. The van der Waals surface area contributed by atoms with Crippen LogP contribution in [0.2, 0.25) is 0 Å². The van der Waals surface area contributed by atoms with Crippen molar-refractivity contribution in [2.24, 2.45) is 17.8 Å². The number of hydrogen-bond acceptors (Lipinski definition) is 2. The lowest BCUT2D eigenvalue weighted by atomic mass is 9.78. The Morgan fingerprint density at radius 2 is 1.95 bits per heavy atom. The fraction of sp³-hybridized carbons (Fsp3) is 0.375. The lowest BCUT2D eigenvalue weighted by molar-refractivity contribution is -0.143. The number of ketones is 1. The van der Waals surface area contributed by atoms with Crippen LogP contribution in [0.3, 0.4) is 0 Å². The normalized spacial score (nSPS) is 21.1. The van der Waals surface area contributed by atoms with Crippen molar-refractivity contribution in [1.82, 2.24) is 0 Å². The second-order valence-electron chi connectivity index (χ2n) is 5.12. The van der Waals surface area contributed by atoms with E-state index in [0.29, 0.717) is 12.0 Å². The van der Waals surface area contributed by atoms with Gasteiger partial charge in [0.1, 0.15) is 0 Å². The average Bonchev–Trinajstić information content (AvgIpc) is 2.63. The monoisotopic (exact) mass is 258 g/mol. The maximum Gasteiger partial charge on any atom is 0.306 e. The molecule has 0 aromatic heterocycles. The van der Waals surface area contributed by atoms with Crippen molar-refractivity contribution in [2.75, 3.05) is 0 Å². The van der Waals surface area contributed by atoms with Gasteiger partial charge in [-0.15, -0.1) is 0 Å². The number of carboxylic acids is 1. The van der Waals surface area contributed by atoms with Crippen LogP contribution in [0, 0.1) is 17.8 Å². The number of fused-ring (bicyclic) bond motifs is 1. The Kier molecular flexibility index (Phi) is 3.56. The number of Topliss-reactive ketones (excluding diaryl/α,β-unsaturated/α-hetero) is 1. The smallest absolute Gasteiger partial charge is 0.306 e. The third-order valence-electron chi connectivity index (χ3n) is 4.11. The number of hydrogen-bond donors (Lipinski definition) is 1. The van der Waals surface area contributed by atoms with E-state index in [1.165, 1.54) is 0 Å². The number of carbonyl (C=O) groups is 2. The molecule has 100 valence electrons. The summed E-state index contributed by atoms with van der Waals surface area (Å²) in [5.41, 5.74) is 2.29. The van der Waals surface area contributed by atoms with Crippen LogP contribution in [0.5, 0.6) is 0 Å². The molecule has 3 nitrogen and oxygen atoms in total. The van der Waals surface area contributed by atoms with Crippen LogP contribution < -0.4 is 0 Å². The zero-order chi connectivity index (χ0) is 14.2. The minimum Gasteiger partial charge on any atom is -0.481 e. The summed E-state index contributed by atoms with van der Waals surface area (Å²) in [7, 11) is 0. The van der Waals surface area contributed by atoms with E-state index >= 15 is 0 Å². The van der Waals surface area contributed by atoms with Crippen LogP contribution >= 0.6 is 0 Å². The molecule has 0 saturated heterocycles. The van der Waals surface area contributed by atoms with Crippen molar-refractivity contribution in [3.05, 3.63) is 42.0 Å². The zero-order valence-electron chi connectivity index (χ0n) is 11.2. The highest BCUT2D eigenvalue weighted by Crippen LogP contribution is 2.42. The second kappa shape index (κ2) is 5.00. The minimum atomic E-state index is -0.841. The molecule has 3 unspecified atom stereocenters. The quantitative estimate of drug-likeness (QED) is 0.901. The summed E-state index contributed by atoms with van der Waals surface area (Å²) in [6.07, 6.45) is 0.518. The standard InChI is InChI=1S/C16H18O3/c1-4-11(16(18)19)9(2)14-10(3)12-7-5-6-8-13(12)15(14)17/h5-9,11,14H,3-4H2,1-2H3,(H,18,19). The van der Waals surface area contributed by atoms with Gasteiger partial charge >= 0.3 is 5.97 Å². The molecule has 1 aromatic rings. The summed E-state index contributed by atoms with van der Waals surface area (Å²) in [4.78, 5) is 23.7. The number of carbonyl (C=O) groups excluding carboxylic acids is 1. The second-order valence-corrected chi connectivity index (χ2v) is 5.12. The molecule has 0 heterocycles. The van der Waals surface area contributed by atoms with Gasteiger partial charge in [-0.25, -0.2) is 0 Å². The van der Waals surface area contributed by atoms with Crippen LogP contribution in [0.1, 0.15) is 36.2 Å². The molecule has 3 heteroatoms. The average molecular weight is 258 g/mol. The first kappa shape index (κ1) is 13.5. The summed E-state index contributed by atoms with van der Waals surface area (Å²) < 4.78 is 0. The number of rotatable bonds is 4. The molecule has 0 radical (unpaired) electrons. The Morgan fingerprint density at radius 3 is 2.42 bits per heavy atom. The van der Waals surface area contributed by atoms with Crippen molar-refractivity contribution in [2.45, 2.75) is 20.3 Å². The van der Waals surface area contributed by atoms with Gasteiger partial charge in [0.2, 0.25) is 0 Å².